The van der Waals surface area contributed by atoms with E-state index >= 15 is 0 Å². The van der Waals surface area contributed by atoms with Crippen molar-refractivity contribution in [2.24, 2.45) is 0 Å². The second-order valence-corrected chi connectivity index (χ2v) is 6.67. The number of carbonyl (C=O) groups excluding carboxylic acids is 1. The van der Waals surface area contributed by atoms with Crippen LogP contribution in [0, 0.1) is 0 Å². The second kappa shape index (κ2) is 8.48. The van der Waals surface area contributed by atoms with Crippen LogP contribution >= 0.6 is 0 Å². The van der Waals surface area contributed by atoms with Crippen LogP contribution in [0.3, 0.4) is 0 Å². The van der Waals surface area contributed by atoms with E-state index in [-0.39, 0.29) is 5.91 Å². The Morgan fingerprint density at radius 3 is 2.57 bits per heavy atom. The third-order valence-electron chi connectivity index (χ3n) is 4.73. The normalized spacial score (nSPS) is 10.6. The largest absolute Gasteiger partial charge is 0.494 e. The molecule has 1 heterocycles. The van der Waals surface area contributed by atoms with E-state index in [1.165, 1.54) is 6.33 Å². The summed E-state index contributed by atoms with van der Waals surface area (Å²) in [6.07, 6.45) is 1.51. The Morgan fingerprint density at radius 2 is 1.80 bits per heavy atom. The lowest BCUT2D eigenvalue weighted by Crippen LogP contribution is -2.13. The Balaban J connectivity index is 1.45. The molecule has 0 spiro atoms. The number of fused-ring (bicyclic) bond motifs is 1. The summed E-state index contributed by atoms with van der Waals surface area (Å²) in [6, 6.07) is 20.3. The van der Waals surface area contributed by atoms with Gasteiger partial charge in [0.15, 0.2) is 0 Å². The first-order valence-electron chi connectivity index (χ1n) is 9.42. The molecule has 0 aliphatic heterocycles. The zero-order valence-corrected chi connectivity index (χ0v) is 16.4. The maximum Gasteiger partial charge on any atom is 0.255 e. The number of ether oxygens (including phenoxy) is 1. The van der Waals surface area contributed by atoms with Crippen LogP contribution in [-0.4, -0.2) is 23.0 Å². The Kier molecular flexibility index (Phi) is 5.43. The summed E-state index contributed by atoms with van der Waals surface area (Å²) in [5.41, 5.74) is 9.33. The molecule has 1 amide bonds. The van der Waals surface area contributed by atoms with Crippen LogP contribution in [0.2, 0.25) is 0 Å². The summed E-state index contributed by atoms with van der Waals surface area (Å²) < 4.78 is 5.37. The number of methoxy groups -OCH3 is 1. The van der Waals surface area contributed by atoms with Crippen molar-refractivity contribution in [3.63, 3.8) is 0 Å². The number of carbonyl (C=O) groups is 1. The Bertz CT molecular complexity index is 1190. The molecule has 0 radical (unpaired) electrons. The molecule has 4 aromatic rings. The van der Waals surface area contributed by atoms with Gasteiger partial charge in [-0.3, -0.25) is 4.79 Å². The molecular formula is C23H21N5O2. The highest BCUT2D eigenvalue weighted by Gasteiger charge is 2.09. The molecular weight excluding hydrogens is 378 g/mol. The second-order valence-electron chi connectivity index (χ2n) is 6.67. The van der Waals surface area contributed by atoms with Crippen molar-refractivity contribution in [2.45, 2.75) is 6.54 Å². The maximum absolute atomic E-state index is 12.5. The summed E-state index contributed by atoms with van der Waals surface area (Å²) in [7, 11) is 1.62. The predicted molar refractivity (Wildman–Crippen MR) is 119 cm³/mol. The number of nitrogens with two attached hydrogens (primary N) is 1. The van der Waals surface area contributed by atoms with E-state index in [1.54, 1.807) is 31.4 Å². The van der Waals surface area contributed by atoms with Crippen LogP contribution in [-0.2, 0) is 6.54 Å². The average molecular weight is 399 g/mol. The van der Waals surface area contributed by atoms with E-state index in [2.05, 4.69) is 20.6 Å². The lowest BCUT2D eigenvalue weighted by atomic mass is 10.1. The van der Waals surface area contributed by atoms with Crippen LogP contribution in [0.15, 0.2) is 73.1 Å². The number of rotatable bonds is 6. The van der Waals surface area contributed by atoms with E-state index in [4.69, 9.17) is 10.5 Å². The Labute approximate surface area is 173 Å². The fourth-order valence-electron chi connectivity index (χ4n) is 3.13. The number of nitrogen functional groups attached to an aromatic ring is 1. The SMILES string of the molecule is COc1cccc2c(NCc3ccc(C(=O)Nc4ccccc4N)cc3)ncnc12. The number of nitrogens with one attached hydrogen (secondary N) is 2. The fraction of sp³-hybridized carbons (Fsp3) is 0.0870. The minimum atomic E-state index is -0.207. The van der Waals surface area contributed by atoms with Crippen molar-refractivity contribution < 1.29 is 9.53 Å². The van der Waals surface area contributed by atoms with Gasteiger partial charge in [-0.15, -0.1) is 0 Å². The molecule has 0 saturated heterocycles. The van der Waals surface area contributed by atoms with Crippen molar-refractivity contribution in [1.82, 2.24) is 9.97 Å². The van der Waals surface area contributed by atoms with Crippen molar-refractivity contribution >= 4 is 34.0 Å². The van der Waals surface area contributed by atoms with Crippen LogP contribution in [0.4, 0.5) is 17.2 Å². The monoisotopic (exact) mass is 399 g/mol. The highest BCUT2D eigenvalue weighted by molar-refractivity contribution is 6.05. The molecule has 0 bridgehead atoms. The third-order valence-corrected chi connectivity index (χ3v) is 4.73. The number of hydrogen-bond acceptors (Lipinski definition) is 6. The van der Waals surface area contributed by atoms with Gasteiger partial charge in [-0.2, -0.15) is 0 Å². The van der Waals surface area contributed by atoms with Crippen molar-refractivity contribution in [3.8, 4) is 5.75 Å². The first-order chi connectivity index (χ1) is 14.7. The zero-order valence-electron chi connectivity index (χ0n) is 16.4. The molecule has 4 rings (SSSR count). The topological polar surface area (TPSA) is 102 Å². The summed E-state index contributed by atoms with van der Waals surface area (Å²) in [5.74, 6) is 1.22. The lowest BCUT2D eigenvalue weighted by Gasteiger charge is -2.11. The molecule has 0 aliphatic carbocycles. The minimum Gasteiger partial charge on any atom is -0.494 e. The molecule has 150 valence electrons. The number of para-hydroxylation sites is 3. The highest BCUT2D eigenvalue weighted by Crippen LogP contribution is 2.27. The quantitative estimate of drug-likeness (QED) is 0.422. The predicted octanol–water partition coefficient (Wildman–Crippen LogP) is 4.09. The molecule has 0 fully saturated rings. The number of hydrogen-bond donors (Lipinski definition) is 3. The van der Waals surface area contributed by atoms with Crippen LogP contribution < -0.4 is 21.1 Å². The summed E-state index contributed by atoms with van der Waals surface area (Å²) >= 11 is 0. The molecule has 4 N–H and O–H groups in total. The molecule has 30 heavy (non-hydrogen) atoms. The minimum absolute atomic E-state index is 0.207. The number of amides is 1. The van der Waals surface area contributed by atoms with Crippen molar-refractivity contribution in [2.75, 3.05) is 23.5 Å². The molecule has 0 unspecified atom stereocenters. The first-order valence-corrected chi connectivity index (χ1v) is 9.42. The Morgan fingerprint density at radius 1 is 1.00 bits per heavy atom. The van der Waals surface area contributed by atoms with Crippen LogP contribution in [0.1, 0.15) is 15.9 Å². The smallest absolute Gasteiger partial charge is 0.255 e. The Hall–Kier alpha value is -4.13. The number of nitrogens with zero attached hydrogens (tertiary/aromatic N) is 2. The van der Waals surface area contributed by atoms with Crippen molar-refractivity contribution in [3.05, 3.63) is 84.2 Å². The van der Waals surface area contributed by atoms with E-state index in [9.17, 15) is 4.79 Å². The fourth-order valence-corrected chi connectivity index (χ4v) is 3.13. The summed E-state index contributed by atoms with van der Waals surface area (Å²) in [6.45, 7) is 0.552. The molecule has 3 aromatic carbocycles. The summed E-state index contributed by atoms with van der Waals surface area (Å²) in [4.78, 5) is 21.1. The molecule has 0 saturated carbocycles. The van der Waals surface area contributed by atoms with Crippen molar-refractivity contribution in [1.29, 1.82) is 0 Å². The number of anilines is 3. The van der Waals surface area contributed by atoms with Gasteiger partial charge in [0.25, 0.3) is 5.91 Å². The number of aromatic nitrogens is 2. The highest BCUT2D eigenvalue weighted by atomic mass is 16.5. The van der Waals surface area contributed by atoms with Gasteiger partial charge in [-0.1, -0.05) is 30.3 Å². The van der Waals surface area contributed by atoms with E-state index in [0.29, 0.717) is 29.2 Å². The van der Waals surface area contributed by atoms with Gasteiger partial charge < -0.3 is 21.1 Å². The summed E-state index contributed by atoms with van der Waals surface area (Å²) in [5, 5.41) is 7.04. The lowest BCUT2D eigenvalue weighted by molar-refractivity contribution is 0.102. The van der Waals surface area contributed by atoms with E-state index < -0.39 is 0 Å². The van der Waals surface area contributed by atoms with Crippen LogP contribution in [0.5, 0.6) is 5.75 Å². The first kappa shape index (κ1) is 19.2. The molecule has 7 heteroatoms. The van der Waals surface area contributed by atoms with Gasteiger partial charge in [-0.05, 0) is 42.0 Å². The zero-order chi connectivity index (χ0) is 20.9. The third kappa shape index (κ3) is 4.00. The van der Waals surface area contributed by atoms with Gasteiger partial charge in [0.1, 0.15) is 23.4 Å². The van der Waals surface area contributed by atoms with Gasteiger partial charge in [-0.25, -0.2) is 9.97 Å². The molecule has 7 nitrogen and oxygen atoms in total. The van der Waals surface area contributed by atoms with Gasteiger partial charge >= 0.3 is 0 Å². The van der Waals surface area contributed by atoms with Gasteiger partial charge in [0.2, 0.25) is 0 Å². The average Bonchev–Trinajstić information content (AvgIpc) is 2.79. The number of benzene rings is 3. The molecule has 0 aliphatic rings. The van der Waals surface area contributed by atoms with Gasteiger partial charge in [0, 0.05) is 17.5 Å². The van der Waals surface area contributed by atoms with E-state index in [0.717, 1.165) is 22.3 Å². The van der Waals surface area contributed by atoms with Gasteiger partial charge in [0.05, 0.1) is 18.5 Å². The maximum atomic E-state index is 12.5. The standard InChI is InChI=1S/C23H21N5O2/c1-30-20-8-4-5-17-21(20)26-14-27-22(17)25-13-15-9-11-16(12-10-15)23(29)28-19-7-3-2-6-18(19)24/h2-12,14H,13,24H2,1H3,(H,28,29)(H,25,26,27). The van der Waals surface area contributed by atoms with E-state index in [1.807, 2.05) is 42.5 Å². The molecule has 0 atom stereocenters. The van der Waals surface area contributed by atoms with Crippen LogP contribution in [0.25, 0.3) is 10.9 Å². The molecule has 1 aromatic heterocycles.